The third kappa shape index (κ3) is 3.30. The lowest BCUT2D eigenvalue weighted by Gasteiger charge is -2.43. The maximum atomic E-state index is 3.63. The Morgan fingerprint density at radius 3 is 2.62 bits per heavy atom. The van der Waals surface area contributed by atoms with E-state index >= 15 is 0 Å². The molecule has 5 atom stereocenters. The van der Waals surface area contributed by atoms with Crippen LogP contribution in [0, 0.1) is 5.92 Å². The van der Waals surface area contributed by atoms with E-state index in [1.54, 1.807) is 0 Å². The van der Waals surface area contributed by atoms with Crippen molar-refractivity contribution < 1.29 is 0 Å². The standard InChI is InChI=1S/C18H35N3/c1-4-5-14-6-9-17(19-2)18(12-14)21-11-10-15-7-8-16(13-21)20(15)3/h14-19H,4-13H2,1-3H3. The van der Waals surface area contributed by atoms with Crippen molar-refractivity contribution in [1.29, 1.82) is 0 Å². The molecule has 0 radical (unpaired) electrons. The van der Waals surface area contributed by atoms with Crippen molar-refractivity contribution in [2.45, 2.75) is 82.5 Å². The number of nitrogens with zero attached hydrogens (tertiary/aromatic N) is 2. The minimum absolute atomic E-state index is 0.722. The maximum Gasteiger partial charge on any atom is 0.0252 e. The molecule has 0 spiro atoms. The van der Waals surface area contributed by atoms with Crippen LogP contribution < -0.4 is 5.32 Å². The van der Waals surface area contributed by atoms with Crippen LogP contribution in [0.15, 0.2) is 0 Å². The topological polar surface area (TPSA) is 18.5 Å². The molecular formula is C18H35N3. The summed E-state index contributed by atoms with van der Waals surface area (Å²) >= 11 is 0. The van der Waals surface area contributed by atoms with Gasteiger partial charge < -0.3 is 5.32 Å². The Hall–Kier alpha value is -0.120. The van der Waals surface area contributed by atoms with Crippen LogP contribution >= 0.6 is 0 Å². The predicted octanol–water partition coefficient (Wildman–Crippen LogP) is 2.71. The monoisotopic (exact) mass is 293 g/mol. The molecule has 1 aliphatic carbocycles. The molecule has 3 nitrogen and oxygen atoms in total. The molecule has 122 valence electrons. The Morgan fingerprint density at radius 2 is 1.86 bits per heavy atom. The Bertz CT molecular complexity index is 332. The summed E-state index contributed by atoms with van der Waals surface area (Å²) in [5, 5.41) is 3.63. The molecule has 3 aliphatic rings. The lowest BCUT2D eigenvalue weighted by atomic mass is 9.79. The molecule has 3 fully saturated rings. The zero-order valence-corrected chi connectivity index (χ0v) is 14.4. The smallest absolute Gasteiger partial charge is 0.0252 e. The number of likely N-dealkylation sites (N-methyl/N-ethyl adjacent to an activating group) is 2. The molecule has 3 heteroatoms. The second-order valence-electron chi connectivity index (χ2n) is 7.76. The van der Waals surface area contributed by atoms with E-state index in [9.17, 15) is 0 Å². The van der Waals surface area contributed by atoms with Gasteiger partial charge in [0.15, 0.2) is 0 Å². The first-order valence-corrected chi connectivity index (χ1v) is 9.36. The van der Waals surface area contributed by atoms with Gasteiger partial charge in [-0.2, -0.15) is 0 Å². The molecule has 0 aromatic rings. The molecule has 0 aromatic heterocycles. The van der Waals surface area contributed by atoms with Crippen LogP contribution in [0.3, 0.4) is 0 Å². The molecule has 2 bridgehead atoms. The third-order valence-corrected chi connectivity index (χ3v) is 6.64. The van der Waals surface area contributed by atoms with Crippen molar-refractivity contribution in [3.63, 3.8) is 0 Å². The molecule has 2 aliphatic heterocycles. The Balaban J connectivity index is 1.67. The zero-order valence-electron chi connectivity index (χ0n) is 14.4. The third-order valence-electron chi connectivity index (χ3n) is 6.64. The van der Waals surface area contributed by atoms with E-state index in [-0.39, 0.29) is 0 Å². The Labute approximate surface area is 131 Å². The molecule has 1 saturated carbocycles. The number of hydrogen-bond acceptors (Lipinski definition) is 3. The first kappa shape index (κ1) is 15.8. The molecule has 2 heterocycles. The van der Waals surface area contributed by atoms with E-state index in [4.69, 9.17) is 0 Å². The molecule has 21 heavy (non-hydrogen) atoms. The lowest BCUT2D eigenvalue weighted by molar-refractivity contribution is 0.0880. The van der Waals surface area contributed by atoms with E-state index in [1.807, 2.05) is 0 Å². The fraction of sp³-hybridized carbons (Fsp3) is 1.00. The number of hydrogen-bond donors (Lipinski definition) is 1. The highest BCUT2D eigenvalue weighted by Crippen LogP contribution is 2.35. The number of rotatable bonds is 4. The zero-order chi connectivity index (χ0) is 14.8. The van der Waals surface area contributed by atoms with Crippen molar-refractivity contribution in [3.05, 3.63) is 0 Å². The van der Waals surface area contributed by atoms with Gasteiger partial charge in [-0.25, -0.2) is 0 Å². The quantitative estimate of drug-likeness (QED) is 0.860. The van der Waals surface area contributed by atoms with Crippen LogP contribution in [0.4, 0.5) is 0 Å². The number of likely N-dealkylation sites (tertiary alicyclic amines) is 1. The number of nitrogens with one attached hydrogen (secondary N) is 1. The largest absolute Gasteiger partial charge is 0.315 e. The molecule has 2 saturated heterocycles. The molecular weight excluding hydrogens is 258 g/mol. The SMILES string of the molecule is CCCC1CCC(NC)C(N2CCC3CCC(C2)N3C)C1. The van der Waals surface area contributed by atoms with Gasteiger partial charge in [0.2, 0.25) is 0 Å². The van der Waals surface area contributed by atoms with E-state index in [2.05, 4.69) is 36.1 Å². The summed E-state index contributed by atoms with van der Waals surface area (Å²) in [6.45, 7) is 4.99. The summed E-state index contributed by atoms with van der Waals surface area (Å²) in [5.41, 5.74) is 0. The summed E-state index contributed by atoms with van der Waals surface area (Å²) in [7, 11) is 4.54. The Kier molecular flexibility index (Phi) is 5.23. The lowest BCUT2D eigenvalue weighted by Crippen LogP contribution is -2.54. The fourth-order valence-electron chi connectivity index (χ4n) is 5.28. The van der Waals surface area contributed by atoms with E-state index in [1.165, 1.54) is 64.5 Å². The van der Waals surface area contributed by atoms with Crippen molar-refractivity contribution in [3.8, 4) is 0 Å². The number of fused-ring (bicyclic) bond motifs is 2. The molecule has 1 N–H and O–H groups in total. The maximum absolute atomic E-state index is 3.63. The fourth-order valence-corrected chi connectivity index (χ4v) is 5.28. The highest BCUT2D eigenvalue weighted by molar-refractivity contribution is 4.97. The van der Waals surface area contributed by atoms with Gasteiger partial charge in [0.05, 0.1) is 0 Å². The van der Waals surface area contributed by atoms with Crippen molar-refractivity contribution >= 4 is 0 Å². The summed E-state index contributed by atoms with van der Waals surface area (Å²) in [5.74, 6) is 0.975. The second kappa shape index (κ2) is 6.97. The average Bonchev–Trinajstić information content (AvgIpc) is 2.73. The molecule has 0 aromatic carbocycles. The van der Waals surface area contributed by atoms with Crippen LogP contribution in [0.2, 0.25) is 0 Å². The van der Waals surface area contributed by atoms with Crippen LogP contribution in [0.5, 0.6) is 0 Å². The van der Waals surface area contributed by atoms with Crippen LogP contribution in [-0.4, -0.2) is 61.2 Å². The van der Waals surface area contributed by atoms with Crippen LogP contribution in [0.1, 0.15) is 58.3 Å². The highest BCUT2D eigenvalue weighted by Gasteiger charge is 2.39. The van der Waals surface area contributed by atoms with Gasteiger partial charge in [-0.3, -0.25) is 9.80 Å². The van der Waals surface area contributed by atoms with Crippen molar-refractivity contribution in [1.82, 2.24) is 15.1 Å². The second-order valence-corrected chi connectivity index (χ2v) is 7.76. The molecule has 0 amide bonds. The predicted molar refractivity (Wildman–Crippen MR) is 89.6 cm³/mol. The van der Waals surface area contributed by atoms with Gasteiger partial charge in [0.1, 0.15) is 0 Å². The van der Waals surface area contributed by atoms with E-state index < -0.39 is 0 Å². The first-order valence-electron chi connectivity index (χ1n) is 9.36. The van der Waals surface area contributed by atoms with Crippen LogP contribution in [-0.2, 0) is 0 Å². The molecule has 5 unspecified atom stereocenters. The van der Waals surface area contributed by atoms with Gasteiger partial charge >= 0.3 is 0 Å². The highest BCUT2D eigenvalue weighted by atomic mass is 15.3. The average molecular weight is 293 g/mol. The molecule has 3 rings (SSSR count). The minimum Gasteiger partial charge on any atom is -0.315 e. The van der Waals surface area contributed by atoms with Gasteiger partial charge in [0.25, 0.3) is 0 Å². The van der Waals surface area contributed by atoms with Crippen molar-refractivity contribution in [2.24, 2.45) is 5.92 Å². The van der Waals surface area contributed by atoms with Gasteiger partial charge in [-0.1, -0.05) is 19.8 Å². The summed E-state index contributed by atoms with van der Waals surface area (Å²) in [6.07, 6.45) is 11.3. The van der Waals surface area contributed by atoms with Gasteiger partial charge in [-0.05, 0) is 58.5 Å². The minimum atomic E-state index is 0.722. The normalized spacial score (nSPS) is 42.1. The van der Waals surface area contributed by atoms with Crippen molar-refractivity contribution in [2.75, 3.05) is 27.2 Å². The van der Waals surface area contributed by atoms with E-state index in [0.717, 1.165) is 30.1 Å². The van der Waals surface area contributed by atoms with Gasteiger partial charge in [-0.15, -0.1) is 0 Å². The summed E-state index contributed by atoms with van der Waals surface area (Å²) < 4.78 is 0. The first-order chi connectivity index (χ1) is 10.2. The summed E-state index contributed by atoms with van der Waals surface area (Å²) in [4.78, 5) is 5.55. The van der Waals surface area contributed by atoms with Gasteiger partial charge in [0, 0.05) is 37.3 Å². The summed E-state index contributed by atoms with van der Waals surface area (Å²) in [6, 6.07) is 3.19. The van der Waals surface area contributed by atoms with Crippen LogP contribution in [0.25, 0.3) is 0 Å². The van der Waals surface area contributed by atoms with E-state index in [0.29, 0.717) is 0 Å². The Morgan fingerprint density at radius 1 is 1.05 bits per heavy atom.